The highest BCUT2D eigenvalue weighted by Crippen LogP contribution is 2.26. The first-order valence-electron chi connectivity index (χ1n) is 9.79. The molecule has 2 rings (SSSR count). The number of hydrogen-bond acceptors (Lipinski definition) is 8. The van der Waals surface area contributed by atoms with E-state index < -0.39 is 39.8 Å². The van der Waals surface area contributed by atoms with E-state index in [2.05, 4.69) is 25.1 Å². The van der Waals surface area contributed by atoms with Crippen LogP contribution >= 0.6 is 11.6 Å². The van der Waals surface area contributed by atoms with Gasteiger partial charge in [0.25, 0.3) is 5.91 Å². The van der Waals surface area contributed by atoms with Crippen molar-refractivity contribution in [3.8, 4) is 0 Å². The minimum absolute atomic E-state index is 0.0279. The third-order valence-electron chi connectivity index (χ3n) is 4.28. The maximum Gasteiger partial charge on any atom is 0.436 e. The van der Waals surface area contributed by atoms with Gasteiger partial charge in [-0.05, 0) is 42.5 Å². The summed E-state index contributed by atoms with van der Waals surface area (Å²) in [6.45, 7) is 1.58. The Hall–Kier alpha value is -3.97. The number of hydrogen-bond donors (Lipinski definition) is 3. The van der Waals surface area contributed by atoms with Crippen molar-refractivity contribution in [1.82, 2.24) is 10.6 Å². The van der Waals surface area contributed by atoms with Gasteiger partial charge in [-0.15, -0.1) is 4.99 Å². The molecule has 35 heavy (non-hydrogen) atoms. The van der Waals surface area contributed by atoms with Crippen molar-refractivity contribution in [2.75, 3.05) is 19.5 Å². The van der Waals surface area contributed by atoms with Crippen molar-refractivity contribution >= 4 is 57.1 Å². The smallest absolute Gasteiger partial charge is 0.436 e. The monoisotopic (exact) mass is 524 g/mol. The lowest BCUT2D eigenvalue weighted by Gasteiger charge is -2.14. The minimum Gasteiger partial charge on any atom is -0.453 e. The predicted octanol–water partition coefficient (Wildman–Crippen LogP) is 2.73. The van der Waals surface area contributed by atoms with E-state index in [1.54, 1.807) is 6.92 Å². The molecule has 0 heterocycles. The van der Waals surface area contributed by atoms with Crippen LogP contribution in [0.15, 0.2) is 57.2 Å². The van der Waals surface area contributed by atoms with E-state index in [9.17, 15) is 27.6 Å². The highest BCUT2D eigenvalue weighted by molar-refractivity contribution is 7.91. The third kappa shape index (κ3) is 7.25. The second kappa shape index (κ2) is 11.9. The summed E-state index contributed by atoms with van der Waals surface area (Å²) in [4.78, 5) is 51.1. The second-order valence-corrected chi connectivity index (χ2v) is 8.95. The van der Waals surface area contributed by atoms with Crippen LogP contribution in [-0.4, -0.2) is 52.6 Å². The van der Waals surface area contributed by atoms with Crippen LogP contribution in [-0.2, 0) is 24.1 Å². The molecule has 14 heteroatoms. The highest BCUT2D eigenvalue weighted by atomic mass is 35.5. The van der Waals surface area contributed by atoms with Crippen LogP contribution < -0.4 is 16.0 Å². The van der Waals surface area contributed by atoms with Crippen molar-refractivity contribution in [3.05, 3.63) is 53.1 Å². The quantitative estimate of drug-likeness (QED) is 0.396. The van der Waals surface area contributed by atoms with Crippen LogP contribution in [0.4, 0.5) is 15.3 Å². The number of alkyl carbamates (subject to hydrolysis) is 1. The average Bonchev–Trinajstić information content (AvgIpc) is 2.83. The molecule has 12 nitrogen and oxygen atoms in total. The Morgan fingerprint density at radius 3 is 2.14 bits per heavy atom. The number of anilines is 1. The molecule has 0 fully saturated rings. The molecule has 0 aliphatic heterocycles. The van der Waals surface area contributed by atoms with Crippen LogP contribution in [0.3, 0.4) is 0 Å². The van der Waals surface area contributed by atoms with Gasteiger partial charge in [-0.25, -0.2) is 18.0 Å². The first kappa shape index (κ1) is 27.3. The van der Waals surface area contributed by atoms with Gasteiger partial charge in [0, 0.05) is 11.4 Å². The van der Waals surface area contributed by atoms with Crippen molar-refractivity contribution in [3.63, 3.8) is 0 Å². The number of halogens is 1. The zero-order chi connectivity index (χ0) is 26.2. The van der Waals surface area contributed by atoms with Crippen molar-refractivity contribution in [2.45, 2.75) is 23.1 Å². The molecule has 0 unspecified atom stereocenters. The van der Waals surface area contributed by atoms with E-state index in [0.717, 1.165) is 20.3 Å². The fourth-order valence-electron chi connectivity index (χ4n) is 2.52. The number of benzene rings is 2. The molecule has 3 N–H and O–H groups in total. The SMILES string of the molecule is CCC(=O)Nc1ccc(S(=O)(=O)c2ccc(Cl)cc2)cc1C(=O)NC(=NC(=O)OC)NC(=O)OC. The molecule has 0 saturated heterocycles. The topological polar surface area (TPSA) is 169 Å². The number of nitrogens with one attached hydrogen (secondary N) is 3. The molecule has 186 valence electrons. The van der Waals surface area contributed by atoms with Crippen LogP contribution in [0, 0.1) is 0 Å². The average molecular weight is 525 g/mol. The summed E-state index contributed by atoms with van der Waals surface area (Å²) in [5.74, 6) is -2.13. The van der Waals surface area contributed by atoms with Gasteiger partial charge in [-0.2, -0.15) is 0 Å². The van der Waals surface area contributed by atoms with E-state index in [1.807, 2.05) is 5.32 Å². The highest BCUT2D eigenvalue weighted by Gasteiger charge is 2.23. The lowest BCUT2D eigenvalue weighted by atomic mass is 10.1. The third-order valence-corrected chi connectivity index (χ3v) is 6.30. The van der Waals surface area contributed by atoms with E-state index >= 15 is 0 Å². The summed E-state index contributed by atoms with van der Waals surface area (Å²) in [6, 6.07) is 8.85. The van der Waals surface area contributed by atoms with Crippen LogP contribution in [0.2, 0.25) is 5.02 Å². The maximum atomic E-state index is 13.1. The Morgan fingerprint density at radius 2 is 1.57 bits per heavy atom. The lowest BCUT2D eigenvalue weighted by Crippen LogP contribution is -2.44. The van der Waals surface area contributed by atoms with Crippen molar-refractivity contribution < 1.29 is 37.1 Å². The van der Waals surface area contributed by atoms with Crippen LogP contribution in [0.25, 0.3) is 0 Å². The summed E-state index contributed by atoms with van der Waals surface area (Å²) in [7, 11) is -2.02. The molecule has 0 saturated carbocycles. The molecule has 0 aromatic heterocycles. The molecule has 2 aromatic carbocycles. The minimum atomic E-state index is -4.08. The lowest BCUT2D eigenvalue weighted by molar-refractivity contribution is -0.115. The zero-order valence-corrected chi connectivity index (χ0v) is 20.3. The number of sulfone groups is 1. The number of guanidine groups is 1. The molecule has 0 bridgehead atoms. The predicted molar refractivity (Wildman–Crippen MR) is 125 cm³/mol. The Bertz CT molecular complexity index is 1280. The molecule has 0 atom stereocenters. The zero-order valence-electron chi connectivity index (χ0n) is 18.7. The van der Waals surface area contributed by atoms with E-state index in [4.69, 9.17) is 11.6 Å². The Balaban J connectivity index is 2.55. The number of aliphatic imine (C=N–C) groups is 1. The van der Waals surface area contributed by atoms with E-state index in [-0.39, 0.29) is 27.5 Å². The van der Waals surface area contributed by atoms with Gasteiger partial charge >= 0.3 is 12.2 Å². The number of ether oxygens (including phenoxy) is 2. The fraction of sp³-hybridized carbons (Fsp3) is 0.190. The molecule has 0 aliphatic carbocycles. The van der Waals surface area contributed by atoms with Crippen molar-refractivity contribution in [2.24, 2.45) is 4.99 Å². The Morgan fingerprint density at radius 1 is 0.943 bits per heavy atom. The fourth-order valence-corrected chi connectivity index (χ4v) is 3.94. The largest absolute Gasteiger partial charge is 0.453 e. The van der Waals surface area contributed by atoms with Gasteiger partial charge in [-0.3, -0.25) is 20.2 Å². The molecule has 2 aromatic rings. The van der Waals surface area contributed by atoms with Gasteiger partial charge in [0.1, 0.15) is 0 Å². The van der Waals surface area contributed by atoms with Gasteiger partial charge in [0.2, 0.25) is 21.7 Å². The first-order chi connectivity index (χ1) is 16.5. The molecule has 0 aliphatic rings. The number of methoxy groups -OCH3 is 2. The van der Waals surface area contributed by atoms with Crippen molar-refractivity contribution in [1.29, 1.82) is 0 Å². The number of nitrogens with zero attached hydrogens (tertiary/aromatic N) is 1. The summed E-state index contributed by atoms with van der Waals surface area (Å²) in [5, 5.41) is 6.99. The van der Waals surface area contributed by atoms with Gasteiger partial charge in [-0.1, -0.05) is 18.5 Å². The summed E-state index contributed by atoms with van der Waals surface area (Å²) < 4.78 is 35.0. The standard InChI is InChI=1S/C21H21ClN4O8S/c1-4-17(27)23-16-10-9-14(35(31,32)13-7-5-12(22)6-8-13)11-15(16)18(28)24-19(25-20(29)33-2)26-21(30)34-3/h5-11H,4H2,1-3H3,(H,23,27)(H2,24,25,26,28,29,30). The van der Waals surface area contributed by atoms with Crippen LogP contribution in [0.5, 0.6) is 0 Å². The maximum absolute atomic E-state index is 13.1. The number of carbonyl (C=O) groups excluding carboxylic acids is 4. The molecular formula is C21H21ClN4O8S. The van der Waals surface area contributed by atoms with Crippen LogP contribution in [0.1, 0.15) is 23.7 Å². The van der Waals surface area contributed by atoms with Gasteiger partial charge < -0.3 is 14.8 Å². The van der Waals surface area contributed by atoms with Gasteiger partial charge in [0.05, 0.1) is 35.3 Å². The summed E-state index contributed by atoms with van der Waals surface area (Å²) in [6.07, 6.45) is -2.15. The molecule has 0 spiro atoms. The number of rotatable bonds is 5. The Kier molecular flexibility index (Phi) is 9.31. The number of carbonyl (C=O) groups is 4. The number of amides is 4. The van der Waals surface area contributed by atoms with E-state index in [1.165, 1.54) is 36.4 Å². The normalized spacial score (nSPS) is 11.3. The second-order valence-electron chi connectivity index (χ2n) is 6.57. The molecular weight excluding hydrogens is 504 g/mol. The summed E-state index contributed by atoms with van der Waals surface area (Å²) in [5.41, 5.74) is -0.328. The Labute approximate surface area is 205 Å². The van der Waals surface area contributed by atoms with Gasteiger partial charge in [0.15, 0.2) is 0 Å². The summed E-state index contributed by atoms with van der Waals surface area (Å²) >= 11 is 5.83. The molecule has 0 radical (unpaired) electrons. The first-order valence-corrected chi connectivity index (χ1v) is 11.7. The van der Waals surface area contributed by atoms with E-state index in [0.29, 0.717) is 5.02 Å². The molecule has 4 amide bonds.